The van der Waals surface area contributed by atoms with Crippen molar-refractivity contribution in [3.63, 3.8) is 0 Å². The second-order valence-corrected chi connectivity index (χ2v) is 4.08. The van der Waals surface area contributed by atoms with Gasteiger partial charge >= 0.3 is 0 Å². The Morgan fingerprint density at radius 3 is 2.58 bits per heavy atom. The van der Waals surface area contributed by atoms with Crippen molar-refractivity contribution in [2.75, 3.05) is 31.3 Å². The number of nitrogens with two attached hydrogens (primary N) is 1. The van der Waals surface area contributed by atoms with Gasteiger partial charge in [0.1, 0.15) is 18.1 Å². The van der Waals surface area contributed by atoms with E-state index in [4.69, 9.17) is 15.2 Å². The van der Waals surface area contributed by atoms with Gasteiger partial charge in [-0.1, -0.05) is 18.2 Å². The molecule has 3 N–H and O–H groups in total. The highest BCUT2D eigenvalue weighted by Crippen LogP contribution is 2.21. The van der Waals surface area contributed by atoms with Crippen molar-refractivity contribution in [3.8, 4) is 11.5 Å². The molecule has 4 nitrogen and oxygen atoms in total. The highest BCUT2D eigenvalue weighted by molar-refractivity contribution is 5.59. The molecule has 0 fully saturated rings. The monoisotopic (exact) mass is 258 g/mol. The minimum Gasteiger partial charge on any atom is -0.497 e. The minimum atomic E-state index is 0.584. The Bertz CT molecular complexity index is 515. The van der Waals surface area contributed by atoms with Crippen LogP contribution in [0.2, 0.25) is 0 Å². The van der Waals surface area contributed by atoms with Gasteiger partial charge in [-0.15, -0.1) is 0 Å². The average Bonchev–Trinajstić information content (AvgIpc) is 2.44. The van der Waals surface area contributed by atoms with Crippen LogP contribution in [-0.4, -0.2) is 20.3 Å². The fourth-order valence-corrected chi connectivity index (χ4v) is 1.72. The standard InChI is InChI=1S/C15H18N2O2/c1-18-15-10-12(16)9-13(11-15)17-7-8-19-14-5-3-2-4-6-14/h2-6,9-11,17H,7-8,16H2,1H3. The number of anilines is 2. The van der Waals surface area contributed by atoms with E-state index in [1.807, 2.05) is 42.5 Å². The first-order valence-corrected chi connectivity index (χ1v) is 6.14. The van der Waals surface area contributed by atoms with E-state index >= 15 is 0 Å². The van der Waals surface area contributed by atoms with E-state index < -0.39 is 0 Å². The van der Waals surface area contributed by atoms with Crippen LogP contribution in [0.5, 0.6) is 11.5 Å². The Kier molecular flexibility index (Phi) is 4.50. The van der Waals surface area contributed by atoms with Gasteiger partial charge < -0.3 is 20.5 Å². The number of benzene rings is 2. The lowest BCUT2D eigenvalue weighted by Crippen LogP contribution is -2.11. The van der Waals surface area contributed by atoms with Crippen molar-refractivity contribution in [1.29, 1.82) is 0 Å². The number of methoxy groups -OCH3 is 1. The molecule has 2 aromatic carbocycles. The third-order valence-corrected chi connectivity index (χ3v) is 2.61. The summed E-state index contributed by atoms with van der Waals surface area (Å²) in [5, 5.41) is 3.25. The van der Waals surface area contributed by atoms with Crippen LogP contribution in [0.25, 0.3) is 0 Å². The fraction of sp³-hybridized carbons (Fsp3) is 0.200. The quantitative estimate of drug-likeness (QED) is 0.618. The zero-order valence-corrected chi connectivity index (χ0v) is 10.9. The molecular weight excluding hydrogens is 240 g/mol. The third kappa shape index (κ3) is 4.10. The first kappa shape index (κ1) is 13.1. The van der Waals surface area contributed by atoms with Gasteiger partial charge in [-0.05, 0) is 18.2 Å². The Balaban J connectivity index is 1.81. The lowest BCUT2D eigenvalue weighted by atomic mass is 10.2. The molecule has 2 aromatic rings. The molecular formula is C15H18N2O2. The molecule has 0 amide bonds. The fourth-order valence-electron chi connectivity index (χ4n) is 1.72. The van der Waals surface area contributed by atoms with Crippen LogP contribution in [0, 0.1) is 0 Å². The normalized spacial score (nSPS) is 9.95. The average molecular weight is 258 g/mol. The Morgan fingerprint density at radius 2 is 1.84 bits per heavy atom. The largest absolute Gasteiger partial charge is 0.497 e. The third-order valence-electron chi connectivity index (χ3n) is 2.61. The second-order valence-electron chi connectivity index (χ2n) is 4.08. The van der Waals surface area contributed by atoms with Crippen molar-refractivity contribution < 1.29 is 9.47 Å². The summed E-state index contributed by atoms with van der Waals surface area (Å²) in [6, 6.07) is 15.3. The molecule has 0 aliphatic heterocycles. The molecule has 0 unspecified atom stereocenters. The molecule has 19 heavy (non-hydrogen) atoms. The zero-order valence-electron chi connectivity index (χ0n) is 10.9. The van der Waals surface area contributed by atoms with Crippen LogP contribution in [0.3, 0.4) is 0 Å². The van der Waals surface area contributed by atoms with E-state index in [1.165, 1.54) is 0 Å². The summed E-state index contributed by atoms with van der Waals surface area (Å²) in [5.74, 6) is 1.61. The minimum absolute atomic E-state index is 0.584. The highest BCUT2D eigenvalue weighted by atomic mass is 16.5. The summed E-state index contributed by atoms with van der Waals surface area (Å²) in [5.41, 5.74) is 7.38. The maximum absolute atomic E-state index is 5.78. The van der Waals surface area contributed by atoms with Gasteiger partial charge in [0.05, 0.1) is 7.11 Å². The second kappa shape index (κ2) is 6.54. The van der Waals surface area contributed by atoms with E-state index in [-0.39, 0.29) is 0 Å². The Hall–Kier alpha value is -2.36. The summed E-state index contributed by atoms with van der Waals surface area (Å²) >= 11 is 0. The lowest BCUT2D eigenvalue weighted by molar-refractivity contribution is 0.333. The summed E-state index contributed by atoms with van der Waals surface area (Å²) in [6.45, 7) is 1.28. The van der Waals surface area contributed by atoms with Crippen molar-refractivity contribution in [3.05, 3.63) is 48.5 Å². The number of hydrogen-bond acceptors (Lipinski definition) is 4. The number of nitrogen functional groups attached to an aromatic ring is 1. The van der Waals surface area contributed by atoms with E-state index in [2.05, 4.69) is 5.32 Å². The first-order valence-electron chi connectivity index (χ1n) is 6.14. The molecule has 0 saturated heterocycles. The number of para-hydroxylation sites is 1. The summed E-state index contributed by atoms with van der Waals surface area (Å²) in [4.78, 5) is 0. The molecule has 0 heterocycles. The number of rotatable bonds is 6. The maximum Gasteiger partial charge on any atom is 0.122 e. The molecule has 4 heteroatoms. The van der Waals surface area contributed by atoms with Crippen LogP contribution in [0.1, 0.15) is 0 Å². The molecule has 0 aliphatic rings. The molecule has 0 aliphatic carbocycles. The van der Waals surface area contributed by atoms with Gasteiger partial charge in [0.15, 0.2) is 0 Å². The number of hydrogen-bond donors (Lipinski definition) is 2. The van der Waals surface area contributed by atoms with Crippen molar-refractivity contribution >= 4 is 11.4 Å². The Morgan fingerprint density at radius 1 is 1.05 bits per heavy atom. The number of ether oxygens (including phenoxy) is 2. The predicted molar refractivity (Wildman–Crippen MR) is 77.8 cm³/mol. The van der Waals surface area contributed by atoms with Gasteiger partial charge in [-0.3, -0.25) is 0 Å². The predicted octanol–water partition coefficient (Wildman–Crippen LogP) is 2.77. The van der Waals surface area contributed by atoms with E-state index in [0.717, 1.165) is 17.2 Å². The molecule has 0 aromatic heterocycles. The van der Waals surface area contributed by atoms with Crippen molar-refractivity contribution in [2.45, 2.75) is 0 Å². The van der Waals surface area contributed by atoms with Crippen LogP contribution in [0.15, 0.2) is 48.5 Å². The molecule has 0 bridgehead atoms. The summed E-state index contributed by atoms with van der Waals surface area (Å²) in [6.07, 6.45) is 0. The van der Waals surface area contributed by atoms with Crippen LogP contribution in [0.4, 0.5) is 11.4 Å². The van der Waals surface area contributed by atoms with Crippen LogP contribution < -0.4 is 20.5 Å². The molecule has 100 valence electrons. The molecule has 0 saturated carbocycles. The molecule has 0 atom stereocenters. The van der Waals surface area contributed by atoms with Crippen molar-refractivity contribution in [1.82, 2.24) is 0 Å². The summed E-state index contributed by atoms with van der Waals surface area (Å²) < 4.78 is 10.7. The molecule has 0 spiro atoms. The van der Waals surface area contributed by atoms with Crippen LogP contribution >= 0.6 is 0 Å². The van der Waals surface area contributed by atoms with E-state index in [9.17, 15) is 0 Å². The van der Waals surface area contributed by atoms with Gasteiger partial charge in [-0.25, -0.2) is 0 Å². The maximum atomic E-state index is 5.78. The molecule has 0 radical (unpaired) electrons. The number of nitrogens with one attached hydrogen (secondary N) is 1. The lowest BCUT2D eigenvalue weighted by Gasteiger charge is -2.10. The molecule has 2 rings (SSSR count). The van der Waals surface area contributed by atoms with Gasteiger partial charge in [-0.2, -0.15) is 0 Å². The van der Waals surface area contributed by atoms with E-state index in [1.54, 1.807) is 13.2 Å². The van der Waals surface area contributed by atoms with Crippen LogP contribution in [-0.2, 0) is 0 Å². The summed E-state index contributed by atoms with van der Waals surface area (Å²) in [7, 11) is 1.62. The first-order chi connectivity index (χ1) is 9.28. The van der Waals surface area contributed by atoms with Gasteiger partial charge in [0.25, 0.3) is 0 Å². The van der Waals surface area contributed by atoms with Gasteiger partial charge in [0.2, 0.25) is 0 Å². The van der Waals surface area contributed by atoms with E-state index in [0.29, 0.717) is 18.8 Å². The SMILES string of the molecule is COc1cc(N)cc(NCCOc2ccccc2)c1. The topological polar surface area (TPSA) is 56.5 Å². The zero-order chi connectivity index (χ0) is 13.5. The van der Waals surface area contributed by atoms with Gasteiger partial charge in [0, 0.05) is 30.1 Å². The Labute approximate surface area is 113 Å². The smallest absolute Gasteiger partial charge is 0.122 e. The highest BCUT2D eigenvalue weighted by Gasteiger charge is 1.99. The van der Waals surface area contributed by atoms with Crippen molar-refractivity contribution in [2.24, 2.45) is 0 Å².